The molecule has 0 N–H and O–H groups in total. The van der Waals surface area contributed by atoms with Crippen molar-refractivity contribution in [1.29, 1.82) is 0 Å². The van der Waals surface area contributed by atoms with E-state index in [1.165, 1.54) is 50.7 Å². The number of hydrogen-bond donors (Lipinski definition) is 0. The van der Waals surface area contributed by atoms with Gasteiger partial charge in [0, 0.05) is 11.6 Å². The Morgan fingerprint density at radius 3 is 2.67 bits per heavy atom. The second-order valence-electron chi connectivity index (χ2n) is 10.7. The van der Waals surface area contributed by atoms with E-state index in [-0.39, 0.29) is 22.1 Å². The van der Waals surface area contributed by atoms with Gasteiger partial charge in [0.15, 0.2) is 0 Å². The lowest BCUT2D eigenvalue weighted by Crippen LogP contribution is -2.50. The van der Waals surface area contributed by atoms with E-state index in [9.17, 15) is 4.39 Å². The van der Waals surface area contributed by atoms with E-state index in [4.69, 9.17) is 4.84 Å². The maximum absolute atomic E-state index is 13.1. The van der Waals surface area contributed by atoms with Crippen molar-refractivity contribution in [2.75, 3.05) is 0 Å². The second kappa shape index (κ2) is 7.98. The van der Waals surface area contributed by atoms with Crippen LogP contribution in [-0.2, 0) is 11.4 Å². The third kappa shape index (κ3) is 3.88. The number of hydrogen-bond acceptors (Lipinski definition) is 2. The van der Waals surface area contributed by atoms with Gasteiger partial charge in [-0.15, -0.1) is 6.58 Å². The first kappa shape index (κ1) is 21.3. The van der Waals surface area contributed by atoms with Crippen LogP contribution in [-0.4, -0.2) is 6.21 Å². The number of rotatable bonds is 5. The van der Waals surface area contributed by atoms with E-state index >= 15 is 0 Å². The summed E-state index contributed by atoms with van der Waals surface area (Å²) in [5.74, 6) is 1.09. The SMILES string of the molecule is C=C[C@@]1(C)CC=C2[C@@H](CC[C@H]3[C@@]2(C)CCC[C@@]3(C)C=NOCc2ccc(F)cc2)C1. The highest BCUT2D eigenvalue weighted by molar-refractivity contribution is 5.66. The lowest BCUT2D eigenvalue weighted by molar-refractivity contribution is 0.0113. The molecule has 0 unspecified atom stereocenters. The second-order valence-corrected chi connectivity index (χ2v) is 10.7. The topological polar surface area (TPSA) is 21.6 Å². The van der Waals surface area contributed by atoms with E-state index in [0.29, 0.717) is 18.4 Å². The number of nitrogens with zero attached hydrogens (tertiary/aromatic N) is 1. The molecule has 0 radical (unpaired) electrons. The number of benzene rings is 1. The average molecular weight is 410 g/mol. The average Bonchev–Trinajstić information content (AvgIpc) is 2.72. The minimum atomic E-state index is -0.225. The van der Waals surface area contributed by atoms with Crippen molar-refractivity contribution < 1.29 is 9.23 Å². The standard InChI is InChI=1S/C27H36FNO/c1-5-25(2)16-13-23-21(17-25)9-12-24-26(3,14-6-15-27(23,24)4)19-29-30-18-20-7-10-22(28)11-8-20/h5,7-8,10-11,13,19,21,24H,1,6,9,12,14-18H2,2-4H3/t21-,24+,25-,26-,27-/m0/s1. The van der Waals surface area contributed by atoms with Gasteiger partial charge in [-0.05, 0) is 78.9 Å². The summed E-state index contributed by atoms with van der Waals surface area (Å²) in [5, 5.41) is 4.40. The summed E-state index contributed by atoms with van der Waals surface area (Å²) in [6.45, 7) is 11.7. The van der Waals surface area contributed by atoms with E-state index in [1.807, 2.05) is 0 Å². The molecular weight excluding hydrogens is 373 g/mol. The Morgan fingerprint density at radius 2 is 1.93 bits per heavy atom. The third-order valence-electron chi connectivity index (χ3n) is 8.44. The van der Waals surface area contributed by atoms with E-state index in [1.54, 1.807) is 17.7 Å². The molecule has 3 aliphatic carbocycles. The molecule has 3 heteroatoms. The van der Waals surface area contributed by atoms with Gasteiger partial charge in [-0.3, -0.25) is 0 Å². The fourth-order valence-corrected chi connectivity index (χ4v) is 6.67. The van der Waals surface area contributed by atoms with Crippen LogP contribution >= 0.6 is 0 Å². The molecule has 0 bridgehead atoms. The molecule has 2 saturated carbocycles. The highest BCUT2D eigenvalue weighted by Crippen LogP contribution is 2.63. The predicted molar refractivity (Wildman–Crippen MR) is 122 cm³/mol. The molecule has 0 heterocycles. The molecule has 1 aromatic rings. The summed E-state index contributed by atoms with van der Waals surface area (Å²) < 4.78 is 13.1. The van der Waals surface area contributed by atoms with Crippen LogP contribution in [0.2, 0.25) is 0 Å². The summed E-state index contributed by atoms with van der Waals surface area (Å²) in [4.78, 5) is 5.61. The number of allylic oxidation sites excluding steroid dienone is 3. The molecule has 3 aliphatic rings. The summed E-state index contributed by atoms with van der Waals surface area (Å²) in [7, 11) is 0. The molecule has 2 fully saturated rings. The van der Waals surface area contributed by atoms with Gasteiger partial charge >= 0.3 is 0 Å². The van der Waals surface area contributed by atoms with Gasteiger partial charge in [-0.1, -0.05) is 62.2 Å². The Morgan fingerprint density at radius 1 is 1.17 bits per heavy atom. The first-order chi connectivity index (χ1) is 14.3. The normalized spacial score (nSPS) is 38.5. The van der Waals surface area contributed by atoms with Crippen LogP contribution in [0.1, 0.15) is 71.3 Å². The zero-order valence-corrected chi connectivity index (χ0v) is 18.8. The Balaban J connectivity index is 1.49. The van der Waals surface area contributed by atoms with Gasteiger partial charge in [0.2, 0.25) is 0 Å². The van der Waals surface area contributed by atoms with Crippen molar-refractivity contribution in [2.45, 2.75) is 72.3 Å². The Kier molecular flexibility index (Phi) is 5.67. The fraction of sp³-hybridized carbons (Fsp3) is 0.593. The molecule has 0 saturated heterocycles. The van der Waals surface area contributed by atoms with Gasteiger partial charge in [0.05, 0.1) is 0 Å². The summed E-state index contributed by atoms with van der Waals surface area (Å²) in [6, 6.07) is 6.42. The van der Waals surface area contributed by atoms with E-state index in [2.05, 4.69) is 50.9 Å². The summed E-state index contributed by atoms with van der Waals surface area (Å²) in [5.41, 5.74) is 3.22. The zero-order chi connectivity index (χ0) is 21.4. The van der Waals surface area contributed by atoms with Crippen molar-refractivity contribution >= 4 is 6.21 Å². The molecule has 2 nitrogen and oxygen atoms in total. The highest BCUT2D eigenvalue weighted by atomic mass is 19.1. The minimum Gasteiger partial charge on any atom is -0.391 e. The molecular formula is C27H36FNO. The van der Waals surface area contributed by atoms with Crippen molar-refractivity contribution in [3.63, 3.8) is 0 Å². The number of oxime groups is 1. The van der Waals surface area contributed by atoms with Crippen LogP contribution in [0.4, 0.5) is 4.39 Å². The van der Waals surface area contributed by atoms with Crippen molar-refractivity contribution in [2.24, 2.45) is 33.2 Å². The van der Waals surface area contributed by atoms with Gasteiger partial charge in [0.25, 0.3) is 0 Å². The highest BCUT2D eigenvalue weighted by Gasteiger charge is 2.54. The fourth-order valence-electron chi connectivity index (χ4n) is 6.67. The molecule has 0 amide bonds. The maximum Gasteiger partial charge on any atom is 0.142 e. The quantitative estimate of drug-likeness (QED) is 0.281. The van der Waals surface area contributed by atoms with Crippen molar-refractivity contribution in [1.82, 2.24) is 0 Å². The van der Waals surface area contributed by atoms with Crippen LogP contribution in [0.15, 0.2) is 53.7 Å². The van der Waals surface area contributed by atoms with Crippen LogP contribution in [0.5, 0.6) is 0 Å². The Bertz CT molecular complexity index is 843. The lowest BCUT2D eigenvalue weighted by Gasteiger charge is -2.58. The lowest BCUT2D eigenvalue weighted by atomic mass is 9.46. The van der Waals surface area contributed by atoms with Crippen molar-refractivity contribution in [3.05, 3.63) is 60.0 Å². The smallest absolute Gasteiger partial charge is 0.142 e. The van der Waals surface area contributed by atoms with Crippen LogP contribution in [0, 0.1) is 33.9 Å². The molecule has 4 rings (SSSR count). The summed E-state index contributed by atoms with van der Waals surface area (Å²) in [6.07, 6.45) is 15.4. The molecule has 0 aliphatic heterocycles. The Labute approximate surface area is 181 Å². The molecule has 0 aromatic heterocycles. The molecule has 30 heavy (non-hydrogen) atoms. The number of halogens is 1. The predicted octanol–water partition coefficient (Wildman–Crippen LogP) is 7.46. The summed E-state index contributed by atoms with van der Waals surface area (Å²) >= 11 is 0. The molecule has 1 aromatic carbocycles. The first-order valence-corrected chi connectivity index (χ1v) is 11.5. The van der Waals surface area contributed by atoms with E-state index in [0.717, 1.165) is 12.0 Å². The molecule has 0 spiro atoms. The van der Waals surface area contributed by atoms with Gasteiger partial charge in [-0.2, -0.15) is 0 Å². The van der Waals surface area contributed by atoms with Gasteiger partial charge in [0.1, 0.15) is 12.4 Å². The molecule has 5 atom stereocenters. The van der Waals surface area contributed by atoms with Gasteiger partial charge < -0.3 is 4.84 Å². The van der Waals surface area contributed by atoms with Crippen LogP contribution in [0.25, 0.3) is 0 Å². The number of fused-ring (bicyclic) bond motifs is 3. The van der Waals surface area contributed by atoms with Crippen LogP contribution < -0.4 is 0 Å². The van der Waals surface area contributed by atoms with Gasteiger partial charge in [-0.25, -0.2) is 4.39 Å². The first-order valence-electron chi connectivity index (χ1n) is 11.5. The molecule has 162 valence electrons. The third-order valence-corrected chi connectivity index (χ3v) is 8.44. The van der Waals surface area contributed by atoms with Crippen molar-refractivity contribution in [3.8, 4) is 0 Å². The zero-order valence-electron chi connectivity index (χ0n) is 18.8. The minimum absolute atomic E-state index is 0.0563. The largest absolute Gasteiger partial charge is 0.391 e. The van der Waals surface area contributed by atoms with E-state index < -0.39 is 0 Å². The monoisotopic (exact) mass is 409 g/mol. The van der Waals surface area contributed by atoms with Crippen LogP contribution in [0.3, 0.4) is 0 Å². The Hall–Kier alpha value is -1.90. The maximum atomic E-state index is 13.1.